The van der Waals surface area contributed by atoms with Crippen molar-refractivity contribution in [2.24, 2.45) is 0 Å². The fraction of sp³-hybridized carbons (Fsp3) is 0.200. The number of nitriles is 3. The molecule has 0 saturated heterocycles. The first kappa shape index (κ1) is 12.5. The quantitative estimate of drug-likeness (QED) is 0.357. The second kappa shape index (κ2) is 4.59. The Hall–Kier alpha value is -1.20. The number of hydrogen-bond donors (Lipinski definition) is 0. The van der Waals surface area contributed by atoms with Gasteiger partial charge in [0.05, 0.1) is 0 Å². The molecule has 0 aromatic rings. The molecule has 0 N–H and O–H groups in total. The van der Waals surface area contributed by atoms with Crippen LogP contribution in [0.3, 0.4) is 0 Å². The second-order valence-corrected chi connectivity index (χ2v) is 1.86. The van der Waals surface area contributed by atoms with Gasteiger partial charge in [-0.2, -0.15) is 0 Å². The van der Waals surface area contributed by atoms with Gasteiger partial charge in [-0.15, -0.1) is 17.9 Å². The Bertz CT molecular complexity index is 246. The first-order chi connectivity index (χ1) is 4.63. The Morgan fingerprint density at radius 3 is 1.45 bits per heavy atom. The van der Waals surface area contributed by atoms with Crippen LogP contribution in [0.1, 0.15) is 6.92 Å². The van der Waals surface area contributed by atoms with Crippen molar-refractivity contribution in [1.82, 2.24) is 0 Å². The summed E-state index contributed by atoms with van der Waals surface area (Å²) in [6.45, 7) is 1.07. The van der Waals surface area contributed by atoms with E-state index < -0.39 is 11.8 Å². The predicted octanol–water partition coefficient (Wildman–Crippen LogP) is -3.24. The summed E-state index contributed by atoms with van der Waals surface area (Å²) < 4.78 is 0. The summed E-state index contributed by atoms with van der Waals surface area (Å²) in [7, 11) is 0. The minimum absolute atomic E-state index is 0. The summed E-state index contributed by atoms with van der Waals surface area (Å²) in [5.41, 5.74) is -0.674. The molecule has 0 aliphatic rings. The van der Waals surface area contributed by atoms with E-state index in [2.05, 4.69) is 0 Å². The van der Waals surface area contributed by atoms with Crippen LogP contribution < -0.4 is 18.9 Å². The molecule has 11 heavy (non-hydrogen) atoms. The van der Waals surface area contributed by atoms with Gasteiger partial charge in [-0.05, 0) is 6.92 Å². The molecule has 0 saturated carbocycles. The average molecular weight is 139 g/mol. The molecular weight excluding hydrogens is 136 g/mol. The van der Waals surface area contributed by atoms with E-state index in [4.69, 9.17) is 15.8 Å². The van der Waals surface area contributed by atoms with Crippen molar-refractivity contribution in [3.05, 3.63) is 0 Å². The van der Waals surface area contributed by atoms with Crippen LogP contribution >= 0.6 is 0 Å². The van der Waals surface area contributed by atoms with Gasteiger partial charge in [0.15, 0.2) is 0 Å². The molecule has 0 fully saturated rings. The van der Waals surface area contributed by atoms with Gasteiger partial charge in [0.25, 0.3) is 0 Å². The van der Waals surface area contributed by atoms with E-state index in [9.17, 15) is 4.79 Å². The first-order valence-corrected chi connectivity index (χ1v) is 2.53. The third-order valence-electron chi connectivity index (χ3n) is 1.19. The number of rotatable bonds is 1. The van der Waals surface area contributed by atoms with Crippen molar-refractivity contribution in [3.8, 4) is 17.9 Å². The summed E-state index contributed by atoms with van der Waals surface area (Å²) in [6, 6.07) is 0. The molecule has 0 bridgehead atoms. The maximum Gasteiger partial charge on any atom is 1.00 e. The fourth-order valence-corrected chi connectivity index (χ4v) is 0.359. The molecule has 0 heterocycles. The summed E-state index contributed by atoms with van der Waals surface area (Å²) in [5.74, 6) is 4.22. The van der Waals surface area contributed by atoms with Crippen molar-refractivity contribution in [2.45, 2.75) is 6.92 Å². The Balaban J connectivity index is 0. The van der Waals surface area contributed by atoms with Crippen molar-refractivity contribution in [3.63, 3.8) is 0 Å². The Morgan fingerprint density at radius 1 is 1.18 bits per heavy atom. The SMILES string of the molecule is CC(=O)[B-](C#N)(C#N)C#N.[Li+]. The molecular formula is C5H3BLiN3O. The zero-order chi connectivity index (χ0) is 8.20. The Morgan fingerprint density at radius 2 is 1.45 bits per heavy atom. The Labute approximate surface area is 76.5 Å². The molecule has 0 aromatic heterocycles. The Kier molecular flexibility index (Phi) is 5.21. The fourth-order valence-electron chi connectivity index (χ4n) is 0.359. The summed E-state index contributed by atoms with van der Waals surface area (Å²) in [5, 5.41) is 24.8. The molecule has 6 heteroatoms. The van der Waals surface area contributed by atoms with E-state index in [1.807, 2.05) is 0 Å². The summed E-state index contributed by atoms with van der Waals surface area (Å²) >= 11 is 0. The van der Waals surface area contributed by atoms with Crippen LogP contribution in [0.25, 0.3) is 0 Å². The molecule has 48 valence electrons. The van der Waals surface area contributed by atoms with Crippen LogP contribution in [-0.2, 0) is 4.79 Å². The number of hydrogen-bond acceptors (Lipinski definition) is 4. The van der Waals surface area contributed by atoms with Gasteiger partial charge < -0.3 is 4.79 Å². The van der Waals surface area contributed by atoms with Crippen LogP contribution in [0.5, 0.6) is 0 Å². The van der Waals surface area contributed by atoms with E-state index in [1.54, 1.807) is 0 Å². The standard InChI is InChI=1S/C5H3BN3O.Li/c1-5(10)6(2-7,3-8)4-9;/h1H3;/q-1;+1. The second-order valence-electron chi connectivity index (χ2n) is 1.86. The van der Waals surface area contributed by atoms with Gasteiger partial charge in [-0.3, -0.25) is 0 Å². The van der Waals surface area contributed by atoms with Crippen molar-refractivity contribution in [2.75, 3.05) is 0 Å². The van der Waals surface area contributed by atoms with Gasteiger partial charge in [-0.25, -0.2) is 15.8 Å². The van der Waals surface area contributed by atoms with Gasteiger partial charge in [0.2, 0.25) is 0 Å². The van der Waals surface area contributed by atoms with Crippen molar-refractivity contribution >= 4 is 11.8 Å². The number of carbonyl (C=O) groups excluding carboxylic acids is 1. The topological polar surface area (TPSA) is 88.4 Å². The van der Waals surface area contributed by atoms with Gasteiger partial charge in [0.1, 0.15) is 0 Å². The molecule has 4 nitrogen and oxygen atoms in total. The van der Waals surface area contributed by atoms with E-state index in [-0.39, 0.29) is 18.9 Å². The summed E-state index contributed by atoms with van der Waals surface area (Å²) in [6.07, 6.45) is -2.74. The minimum atomic E-state index is -2.74. The maximum atomic E-state index is 10.5. The number of nitrogens with zero attached hydrogens (tertiary/aromatic N) is 3. The maximum absolute atomic E-state index is 10.5. The first-order valence-electron chi connectivity index (χ1n) is 2.53. The van der Waals surface area contributed by atoms with E-state index >= 15 is 0 Å². The van der Waals surface area contributed by atoms with Crippen LogP contribution in [0, 0.1) is 33.7 Å². The monoisotopic (exact) mass is 139 g/mol. The van der Waals surface area contributed by atoms with Crippen molar-refractivity contribution < 1.29 is 23.7 Å². The molecule has 0 spiro atoms. The summed E-state index contributed by atoms with van der Waals surface area (Å²) in [4.78, 5) is 10.5. The molecule has 0 aliphatic heterocycles. The average Bonchev–Trinajstić information content (AvgIpc) is 1.92. The normalized spacial score (nSPS) is 7.82. The smallest absolute Gasteiger partial charge is 0.342 e. The zero-order valence-corrected chi connectivity index (χ0v) is 6.33. The van der Waals surface area contributed by atoms with E-state index in [0.29, 0.717) is 0 Å². The zero-order valence-electron chi connectivity index (χ0n) is 6.33. The molecule has 0 amide bonds. The largest absolute Gasteiger partial charge is 1.00 e. The third kappa shape index (κ3) is 2.14. The molecule has 0 atom stereocenters. The van der Waals surface area contributed by atoms with Crippen molar-refractivity contribution in [1.29, 1.82) is 15.8 Å². The van der Waals surface area contributed by atoms with Crippen LogP contribution in [-0.4, -0.2) is 11.8 Å². The van der Waals surface area contributed by atoms with E-state index in [1.165, 1.54) is 17.9 Å². The van der Waals surface area contributed by atoms with Gasteiger partial charge in [0, 0.05) is 5.68 Å². The molecule has 0 unspecified atom stereocenters. The molecule has 0 aromatic carbocycles. The minimum Gasteiger partial charge on any atom is -0.342 e. The predicted molar refractivity (Wildman–Crippen MR) is 33.3 cm³/mol. The van der Waals surface area contributed by atoms with Crippen LogP contribution in [0.2, 0.25) is 0 Å². The third-order valence-corrected chi connectivity index (χ3v) is 1.19. The van der Waals surface area contributed by atoms with Gasteiger partial charge in [-0.1, -0.05) is 0 Å². The van der Waals surface area contributed by atoms with Gasteiger partial charge >= 0.3 is 25.0 Å². The van der Waals surface area contributed by atoms with Crippen LogP contribution in [0.15, 0.2) is 0 Å². The molecule has 0 aliphatic carbocycles. The molecule has 0 rings (SSSR count). The van der Waals surface area contributed by atoms with Crippen LogP contribution in [0.4, 0.5) is 0 Å². The number of carbonyl (C=O) groups is 1. The van der Waals surface area contributed by atoms with E-state index in [0.717, 1.165) is 6.92 Å². The molecule has 0 radical (unpaired) electrons.